The van der Waals surface area contributed by atoms with Crippen molar-refractivity contribution < 1.29 is 85.8 Å². The Morgan fingerprint density at radius 1 is 0.506 bits per heavy atom. The number of carbonyl (C=O) groups excluding carboxylic acids is 3. The Bertz CT molecular complexity index is 2800. The standard InChI is InChI=1S/C30H34F7N3O2.C27H27F7N2O3/c1-18(2)39-27(42)28(26(41)38-17-19-13-22(29(32,33)34)15-23(14-19)30(35,36)37)10-7-25(16-28)40-11-8-21(9-12-40)20-3-5-24(31)6-4-20;28-21-3-1-17(2-4-21)18-6-9-36(10-7-18)22-5-8-25(14-22,24(38)39)23(37)35-15-16-11-19(26(29,30)31)13-20(12-16)27(32,33)34/h3-6,13-15,18,21,25H,7-12,16-17H2,1-2H3,(H,38,41)(H,39,42);1-4,11-13,18,22H,5-10,14-15H2,(H,35,37)(H,38,39)/t;22-,25-/m.1/s1. The first kappa shape index (κ1) is 62.3. The molecule has 8 rings (SSSR count). The quantitative estimate of drug-likeness (QED) is 0.0775. The number of carbonyl (C=O) groups is 4. The molecule has 24 heteroatoms. The number of benzene rings is 4. The predicted octanol–water partition coefficient (Wildman–Crippen LogP) is 12.4. The molecule has 4 aromatic rings. The third-order valence-electron chi connectivity index (χ3n) is 16.1. The summed E-state index contributed by atoms with van der Waals surface area (Å²) < 4.78 is 185. The van der Waals surface area contributed by atoms with E-state index in [1.54, 1.807) is 38.1 Å². The first-order valence-corrected chi connectivity index (χ1v) is 26.4. The van der Waals surface area contributed by atoms with Gasteiger partial charge < -0.3 is 30.9 Å². The zero-order chi connectivity index (χ0) is 59.5. The van der Waals surface area contributed by atoms with Crippen LogP contribution in [-0.2, 0) is 57.0 Å². The van der Waals surface area contributed by atoms with Crippen LogP contribution in [0.15, 0.2) is 84.9 Å². The first-order chi connectivity index (χ1) is 37.8. The number of nitrogens with zero attached hydrogens (tertiary/aromatic N) is 2. The van der Waals surface area contributed by atoms with E-state index in [9.17, 15) is 85.8 Å². The third kappa shape index (κ3) is 15.2. The maximum atomic E-state index is 13.6. The summed E-state index contributed by atoms with van der Waals surface area (Å²) in [6.45, 7) is 4.89. The van der Waals surface area contributed by atoms with E-state index in [0.717, 1.165) is 36.8 Å². The second-order valence-electron chi connectivity index (χ2n) is 21.8. The molecule has 4 fully saturated rings. The van der Waals surface area contributed by atoms with Crippen LogP contribution in [0.4, 0.5) is 61.5 Å². The van der Waals surface area contributed by atoms with Crippen molar-refractivity contribution in [1.82, 2.24) is 25.8 Å². The molecule has 0 radical (unpaired) electrons. The number of piperidine rings is 2. The number of likely N-dealkylation sites (tertiary alicyclic amines) is 2. The molecule has 4 aliphatic rings. The molecule has 2 heterocycles. The Hall–Kier alpha value is -6.30. The van der Waals surface area contributed by atoms with Gasteiger partial charge in [-0.05, 0) is 199 Å². The fourth-order valence-corrected chi connectivity index (χ4v) is 11.7. The van der Waals surface area contributed by atoms with Crippen molar-refractivity contribution in [1.29, 1.82) is 0 Å². The Labute approximate surface area is 458 Å². The highest BCUT2D eigenvalue weighted by Crippen LogP contribution is 2.46. The lowest BCUT2D eigenvalue weighted by molar-refractivity contribution is -0.156. The summed E-state index contributed by atoms with van der Waals surface area (Å²) in [6, 6.07) is 14.3. The number of carboxylic acid groups (broad SMARTS) is 1. The minimum absolute atomic E-state index is 0.00683. The second-order valence-corrected chi connectivity index (χ2v) is 21.8. The number of alkyl halides is 12. The Kier molecular flexibility index (Phi) is 19.0. The number of hydrogen-bond donors (Lipinski definition) is 4. The summed E-state index contributed by atoms with van der Waals surface area (Å²) in [7, 11) is 0. The van der Waals surface area contributed by atoms with Crippen molar-refractivity contribution in [3.63, 3.8) is 0 Å². The van der Waals surface area contributed by atoms with Crippen LogP contribution in [0.25, 0.3) is 0 Å². The molecule has 2 aliphatic carbocycles. The molecular formula is C57H61F14N5O5. The molecule has 0 bridgehead atoms. The summed E-state index contributed by atoms with van der Waals surface area (Å²) in [6.07, 6.45) is -15.7. The monoisotopic (exact) mass is 1160 g/mol. The highest BCUT2D eigenvalue weighted by Gasteiger charge is 2.54. The molecule has 2 saturated heterocycles. The molecule has 81 heavy (non-hydrogen) atoms. The van der Waals surface area contributed by atoms with E-state index in [1.807, 2.05) is 0 Å². The molecule has 4 aromatic carbocycles. The van der Waals surface area contributed by atoms with Crippen molar-refractivity contribution >= 4 is 23.7 Å². The largest absolute Gasteiger partial charge is 0.480 e. The van der Waals surface area contributed by atoms with Crippen LogP contribution in [-0.4, -0.2) is 82.9 Å². The fourth-order valence-electron chi connectivity index (χ4n) is 11.7. The first-order valence-electron chi connectivity index (χ1n) is 26.4. The van der Waals surface area contributed by atoms with Gasteiger partial charge in [0.15, 0.2) is 0 Å². The average Bonchev–Trinajstić information content (AvgIpc) is 4.08. The van der Waals surface area contributed by atoms with Gasteiger partial charge in [-0.2, -0.15) is 52.7 Å². The van der Waals surface area contributed by atoms with Crippen LogP contribution in [0, 0.1) is 22.5 Å². The highest BCUT2D eigenvalue weighted by atomic mass is 19.4. The summed E-state index contributed by atoms with van der Waals surface area (Å²) in [5, 5.41) is 17.5. The minimum Gasteiger partial charge on any atom is -0.480 e. The lowest BCUT2D eigenvalue weighted by Crippen LogP contribution is -2.52. The molecule has 3 amide bonds. The van der Waals surface area contributed by atoms with Crippen LogP contribution >= 0.6 is 0 Å². The number of rotatable bonds is 13. The highest BCUT2D eigenvalue weighted by molar-refractivity contribution is 6.05. The molecule has 2 unspecified atom stereocenters. The van der Waals surface area contributed by atoms with Gasteiger partial charge in [-0.3, -0.25) is 19.2 Å². The van der Waals surface area contributed by atoms with Crippen LogP contribution in [0.2, 0.25) is 0 Å². The van der Waals surface area contributed by atoms with Gasteiger partial charge in [-0.15, -0.1) is 0 Å². The predicted molar refractivity (Wildman–Crippen MR) is 268 cm³/mol. The summed E-state index contributed by atoms with van der Waals surface area (Å²) in [5.74, 6) is -3.70. The molecule has 2 saturated carbocycles. The van der Waals surface area contributed by atoms with Crippen molar-refractivity contribution in [2.24, 2.45) is 10.8 Å². The van der Waals surface area contributed by atoms with Crippen LogP contribution in [0.3, 0.4) is 0 Å². The van der Waals surface area contributed by atoms with Gasteiger partial charge in [-0.1, -0.05) is 24.3 Å². The molecule has 4 atom stereocenters. The van der Waals surface area contributed by atoms with Crippen molar-refractivity contribution in [2.75, 3.05) is 26.2 Å². The Morgan fingerprint density at radius 3 is 1.15 bits per heavy atom. The number of aliphatic carboxylic acids is 1. The van der Waals surface area contributed by atoms with E-state index in [2.05, 4.69) is 25.8 Å². The number of hydrogen-bond acceptors (Lipinski definition) is 6. The average molecular weight is 1160 g/mol. The molecule has 10 nitrogen and oxygen atoms in total. The van der Waals surface area contributed by atoms with Crippen molar-refractivity contribution in [3.8, 4) is 0 Å². The zero-order valence-electron chi connectivity index (χ0n) is 44.0. The SMILES string of the molecule is CC(C)NC(=O)C1(C(=O)NCc2cc(C(F)(F)F)cc(C(F)(F)F)c2)CCC(N2CCC(c3ccc(F)cc3)CC2)C1.O=C(O)[C@]1(C(=O)NCc2cc(C(F)(F)F)cc(C(F)(F)F)c2)CC[C@@H](N2CCC(c3ccc(F)cc3)CC2)C1. The molecule has 0 aromatic heterocycles. The van der Waals surface area contributed by atoms with E-state index >= 15 is 0 Å². The van der Waals surface area contributed by atoms with Gasteiger partial charge >= 0.3 is 30.7 Å². The number of nitrogens with one attached hydrogen (secondary N) is 3. The van der Waals surface area contributed by atoms with Crippen LogP contribution in [0.5, 0.6) is 0 Å². The van der Waals surface area contributed by atoms with Gasteiger partial charge in [0.05, 0.1) is 22.3 Å². The van der Waals surface area contributed by atoms with E-state index < -0.39 is 100 Å². The Morgan fingerprint density at radius 2 is 0.827 bits per heavy atom. The maximum Gasteiger partial charge on any atom is 0.416 e. The van der Waals surface area contributed by atoms with Crippen molar-refractivity contribution in [3.05, 3.63) is 141 Å². The molecule has 442 valence electrons. The van der Waals surface area contributed by atoms with E-state index in [4.69, 9.17) is 0 Å². The molecule has 4 N–H and O–H groups in total. The third-order valence-corrected chi connectivity index (χ3v) is 16.1. The topological polar surface area (TPSA) is 131 Å². The maximum absolute atomic E-state index is 13.6. The number of carboxylic acids is 1. The lowest BCUT2D eigenvalue weighted by atomic mass is 9.82. The van der Waals surface area contributed by atoms with E-state index in [-0.39, 0.29) is 85.0 Å². The van der Waals surface area contributed by atoms with Gasteiger partial charge in [0.1, 0.15) is 22.5 Å². The van der Waals surface area contributed by atoms with Crippen LogP contribution in [0.1, 0.15) is 134 Å². The van der Waals surface area contributed by atoms with Gasteiger partial charge in [0.25, 0.3) is 0 Å². The summed E-state index contributed by atoms with van der Waals surface area (Å²) >= 11 is 0. The Balaban J connectivity index is 0.000000234. The number of halogens is 14. The van der Waals surface area contributed by atoms with E-state index in [0.29, 0.717) is 63.3 Å². The van der Waals surface area contributed by atoms with Gasteiger partial charge in [-0.25, -0.2) is 8.78 Å². The van der Waals surface area contributed by atoms with Crippen molar-refractivity contribution in [2.45, 2.75) is 146 Å². The van der Waals surface area contributed by atoms with E-state index in [1.165, 1.54) is 24.3 Å². The smallest absolute Gasteiger partial charge is 0.416 e. The molecule has 0 spiro atoms. The van der Waals surface area contributed by atoms with Gasteiger partial charge in [0, 0.05) is 31.2 Å². The molecule has 2 aliphatic heterocycles. The lowest BCUT2D eigenvalue weighted by Gasteiger charge is -2.37. The zero-order valence-corrected chi connectivity index (χ0v) is 44.0. The number of amides is 3. The fraction of sp³-hybridized carbons (Fsp3) is 0.509. The minimum atomic E-state index is -5.04. The van der Waals surface area contributed by atoms with Gasteiger partial charge in [0.2, 0.25) is 17.7 Å². The normalized spacial score (nSPS) is 22.7. The summed E-state index contributed by atoms with van der Waals surface area (Å²) in [4.78, 5) is 56.6. The molecular weight excluding hydrogens is 1100 g/mol. The van der Waals surface area contributed by atoms with Crippen LogP contribution < -0.4 is 16.0 Å². The summed E-state index contributed by atoms with van der Waals surface area (Å²) in [5.41, 5.74) is -8.08. The second kappa shape index (κ2) is 24.7.